The van der Waals surface area contributed by atoms with Crippen LogP contribution < -0.4 is 10.5 Å². The number of nitrogens with zero attached hydrogens (tertiary/aromatic N) is 1. The number of alkyl halides is 4. The molecule has 3 rings (SSSR count). The lowest BCUT2D eigenvalue weighted by Gasteiger charge is -2.30. The minimum Gasteiger partial charge on any atom is -0.490 e. The number of fused-ring (bicyclic) bond motifs is 1. The molecule has 1 aromatic carbocycles. The average molecular weight is 388 g/mol. The molecule has 2 aromatic rings. The first-order chi connectivity index (χ1) is 12.6. The Morgan fingerprint density at radius 2 is 1.89 bits per heavy atom. The van der Waals surface area contributed by atoms with Gasteiger partial charge in [0.05, 0.1) is 11.1 Å². The van der Waals surface area contributed by atoms with Crippen LogP contribution >= 0.6 is 0 Å². The summed E-state index contributed by atoms with van der Waals surface area (Å²) in [5, 5.41) is 10.2. The van der Waals surface area contributed by atoms with Crippen LogP contribution in [0.3, 0.4) is 0 Å². The van der Waals surface area contributed by atoms with Crippen molar-refractivity contribution in [2.24, 2.45) is 5.73 Å². The molecule has 1 aromatic heterocycles. The van der Waals surface area contributed by atoms with Gasteiger partial charge in [0.25, 0.3) is 0 Å². The molecule has 0 amide bonds. The molecule has 2 heterocycles. The van der Waals surface area contributed by atoms with E-state index in [-0.39, 0.29) is 29.2 Å². The van der Waals surface area contributed by atoms with Crippen molar-refractivity contribution in [1.82, 2.24) is 4.98 Å². The topological polar surface area (TPSA) is 68.4 Å². The lowest BCUT2D eigenvalue weighted by Crippen LogP contribution is -2.49. The predicted molar refractivity (Wildman–Crippen MR) is 87.5 cm³/mol. The molecule has 1 aliphatic rings. The molecule has 0 bridgehead atoms. The lowest BCUT2D eigenvalue weighted by atomic mass is 9.83. The first-order valence-electron chi connectivity index (χ1n) is 8.05. The van der Waals surface area contributed by atoms with E-state index in [0.717, 1.165) is 18.2 Å². The molecular weight excluding hydrogens is 371 g/mol. The van der Waals surface area contributed by atoms with Gasteiger partial charge < -0.3 is 15.6 Å². The van der Waals surface area contributed by atoms with Crippen LogP contribution in [0, 0.1) is 5.82 Å². The molecule has 1 aliphatic heterocycles. The zero-order chi connectivity index (χ0) is 20.0. The van der Waals surface area contributed by atoms with Crippen LogP contribution in [0.15, 0.2) is 30.3 Å². The second-order valence-corrected chi connectivity index (χ2v) is 6.78. The molecule has 27 heavy (non-hydrogen) atoms. The summed E-state index contributed by atoms with van der Waals surface area (Å²) in [7, 11) is 0. The van der Waals surface area contributed by atoms with E-state index in [2.05, 4.69) is 4.98 Å². The second-order valence-electron chi connectivity index (χ2n) is 6.78. The van der Waals surface area contributed by atoms with E-state index in [1.165, 1.54) is 19.1 Å². The van der Waals surface area contributed by atoms with E-state index in [0.29, 0.717) is 0 Å². The number of nitrogens with two attached hydrogens (primary N) is 1. The molecule has 0 radical (unpaired) electrons. The molecule has 4 nitrogen and oxygen atoms in total. The summed E-state index contributed by atoms with van der Waals surface area (Å²) >= 11 is 0. The van der Waals surface area contributed by atoms with Gasteiger partial charge in [0.1, 0.15) is 30.5 Å². The van der Waals surface area contributed by atoms with Crippen LogP contribution in [0.2, 0.25) is 0 Å². The maximum Gasteiger partial charge on any atom is 0.424 e. The zero-order valence-corrected chi connectivity index (χ0v) is 14.3. The monoisotopic (exact) mass is 388 g/mol. The number of aromatic nitrogens is 1. The summed E-state index contributed by atoms with van der Waals surface area (Å²) < 4.78 is 72.8. The van der Waals surface area contributed by atoms with Crippen molar-refractivity contribution in [3.05, 3.63) is 47.4 Å². The van der Waals surface area contributed by atoms with Crippen molar-refractivity contribution >= 4 is 0 Å². The molecule has 146 valence electrons. The van der Waals surface area contributed by atoms with E-state index < -0.39 is 41.9 Å². The van der Waals surface area contributed by atoms with Crippen molar-refractivity contribution in [3.63, 3.8) is 0 Å². The number of hydrogen-bond acceptors (Lipinski definition) is 4. The van der Waals surface area contributed by atoms with Crippen LogP contribution in [0.25, 0.3) is 11.3 Å². The summed E-state index contributed by atoms with van der Waals surface area (Å²) in [5.74, 6) is -0.443. The second kappa shape index (κ2) is 6.42. The summed E-state index contributed by atoms with van der Waals surface area (Å²) in [6.07, 6.45) is -5.10. The smallest absolute Gasteiger partial charge is 0.424 e. The highest BCUT2D eigenvalue weighted by Crippen LogP contribution is 2.47. The maximum atomic E-state index is 13.6. The summed E-state index contributed by atoms with van der Waals surface area (Å²) in [4.78, 5) is 3.93. The fourth-order valence-corrected chi connectivity index (χ4v) is 2.93. The fourth-order valence-electron chi connectivity index (χ4n) is 2.93. The standard InChI is InChI=1S/C18H17F5N2O2/c1-16(7-19)9-27-15-12(16)6-13(17(26,8-24)18(21,22)23)25-14(15)10-2-4-11(20)5-3-10/h2-6,26H,7-9,24H2,1H3/t16-,17?/m1/s1. The van der Waals surface area contributed by atoms with Gasteiger partial charge in [-0.15, -0.1) is 0 Å². The van der Waals surface area contributed by atoms with Gasteiger partial charge in [0.2, 0.25) is 5.60 Å². The third-order valence-electron chi connectivity index (χ3n) is 4.76. The molecule has 0 fully saturated rings. The van der Waals surface area contributed by atoms with Crippen molar-refractivity contribution in [2.75, 3.05) is 19.8 Å². The number of halogens is 5. The third-order valence-corrected chi connectivity index (χ3v) is 4.76. The summed E-state index contributed by atoms with van der Waals surface area (Å²) in [6.45, 7) is -0.672. The molecule has 0 saturated carbocycles. The van der Waals surface area contributed by atoms with Gasteiger partial charge in [0, 0.05) is 17.7 Å². The molecular formula is C18H17F5N2O2. The van der Waals surface area contributed by atoms with Gasteiger partial charge in [-0.2, -0.15) is 13.2 Å². The SMILES string of the molecule is C[C@@]1(CF)COc2c1cc(C(O)(CN)C(F)(F)F)nc2-c1ccc(F)cc1. The van der Waals surface area contributed by atoms with E-state index in [4.69, 9.17) is 10.5 Å². The predicted octanol–water partition coefficient (Wildman–Crippen LogP) is 3.22. The highest BCUT2D eigenvalue weighted by Gasteiger charge is 2.56. The first-order valence-corrected chi connectivity index (χ1v) is 8.05. The summed E-state index contributed by atoms with van der Waals surface area (Å²) in [6, 6.07) is 5.82. The van der Waals surface area contributed by atoms with E-state index in [9.17, 15) is 27.1 Å². The highest BCUT2D eigenvalue weighted by atomic mass is 19.4. The normalized spacial score (nSPS) is 21.5. The number of aliphatic hydroxyl groups is 1. The Morgan fingerprint density at radius 1 is 1.26 bits per heavy atom. The Kier molecular flexibility index (Phi) is 4.63. The molecule has 0 saturated heterocycles. The third kappa shape index (κ3) is 3.04. The average Bonchev–Trinajstić information content (AvgIpc) is 2.98. The number of hydrogen-bond donors (Lipinski definition) is 2. The van der Waals surface area contributed by atoms with Crippen molar-refractivity contribution in [3.8, 4) is 17.0 Å². The van der Waals surface area contributed by atoms with Crippen molar-refractivity contribution in [1.29, 1.82) is 0 Å². The van der Waals surface area contributed by atoms with Gasteiger partial charge in [-0.1, -0.05) is 0 Å². The Bertz CT molecular complexity index is 856. The fraction of sp³-hybridized carbons (Fsp3) is 0.389. The highest BCUT2D eigenvalue weighted by molar-refractivity contribution is 5.71. The van der Waals surface area contributed by atoms with Crippen molar-refractivity contribution < 1.29 is 31.8 Å². The minimum atomic E-state index is -5.10. The number of ether oxygens (including phenoxy) is 1. The minimum absolute atomic E-state index is 0.0456. The Labute approximate surface area is 151 Å². The van der Waals surface area contributed by atoms with Crippen LogP contribution in [0.4, 0.5) is 22.0 Å². The van der Waals surface area contributed by atoms with Gasteiger partial charge in [0.15, 0.2) is 0 Å². The van der Waals surface area contributed by atoms with Gasteiger partial charge >= 0.3 is 6.18 Å². The summed E-state index contributed by atoms with van der Waals surface area (Å²) in [5.41, 5.74) is 0.187. The lowest BCUT2D eigenvalue weighted by molar-refractivity contribution is -0.263. The molecule has 0 spiro atoms. The Morgan fingerprint density at radius 3 is 2.41 bits per heavy atom. The van der Waals surface area contributed by atoms with Crippen LogP contribution in [-0.4, -0.2) is 36.1 Å². The number of rotatable bonds is 4. The van der Waals surface area contributed by atoms with Gasteiger partial charge in [-0.25, -0.2) is 13.8 Å². The van der Waals surface area contributed by atoms with E-state index in [1.807, 2.05) is 0 Å². The van der Waals surface area contributed by atoms with Crippen LogP contribution in [-0.2, 0) is 11.0 Å². The quantitative estimate of drug-likeness (QED) is 0.790. The van der Waals surface area contributed by atoms with Crippen molar-refractivity contribution in [2.45, 2.75) is 24.1 Å². The van der Waals surface area contributed by atoms with E-state index >= 15 is 0 Å². The van der Waals surface area contributed by atoms with E-state index in [1.54, 1.807) is 0 Å². The zero-order valence-electron chi connectivity index (χ0n) is 14.3. The molecule has 2 atom stereocenters. The Balaban J connectivity index is 2.30. The van der Waals surface area contributed by atoms with Gasteiger partial charge in [-0.3, -0.25) is 0 Å². The first kappa shape index (κ1) is 19.5. The number of benzene rings is 1. The molecule has 0 aliphatic carbocycles. The largest absolute Gasteiger partial charge is 0.490 e. The molecule has 3 N–H and O–H groups in total. The van der Waals surface area contributed by atoms with Gasteiger partial charge in [-0.05, 0) is 37.3 Å². The van der Waals surface area contributed by atoms with Crippen LogP contribution in [0.5, 0.6) is 5.75 Å². The maximum absolute atomic E-state index is 13.6. The molecule has 9 heteroatoms. The molecule has 1 unspecified atom stereocenters. The number of pyridine rings is 1. The Hall–Kier alpha value is -2.26. The van der Waals surface area contributed by atoms with Crippen LogP contribution in [0.1, 0.15) is 18.2 Å².